The Morgan fingerprint density at radius 3 is 2.14 bits per heavy atom. The van der Waals surface area contributed by atoms with E-state index >= 15 is 0 Å². The highest BCUT2D eigenvalue weighted by atomic mass is 16.6. The third-order valence-corrected chi connectivity index (χ3v) is 10.4. The highest BCUT2D eigenvalue weighted by molar-refractivity contribution is 6.25. The summed E-state index contributed by atoms with van der Waals surface area (Å²) in [6.07, 6.45) is -2.22. The van der Waals surface area contributed by atoms with E-state index in [-0.39, 0.29) is 53.7 Å². The largest absolute Gasteiger partial charge is 0.449 e. The number of amides is 7. The van der Waals surface area contributed by atoms with Gasteiger partial charge in [-0.05, 0) is 38.5 Å². The molecular formula is C36H45N9O12. The Balaban J connectivity index is 1.19. The van der Waals surface area contributed by atoms with Crippen molar-refractivity contribution < 1.29 is 57.4 Å². The summed E-state index contributed by atoms with van der Waals surface area (Å²) < 4.78 is 16.7. The highest BCUT2D eigenvalue weighted by Crippen LogP contribution is 2.59. The molecule has 2 fully saturated rings. The maximum Gasteiger partial charge on any atom is 0.410 e. The van der Waals surface area contributed by atoms with E-state index in [4.69, 9.17) is 31.4 Å². The van der Waals surface area contributed by atoms with Gasteiger partial charge in [0.2, 0.25) is 41.1 Å². The van der Waals surface area contributed by atoms with Crippen LogP contribution in [0.4, 0.5) is 15.3 Å². The molecule has 0 spiro atoms. The van der Waals surface area contributed by atoms with Gasteiger partial charge in [0.1, 0.15) is 37.4 Å². The lowest BCUT2D eigenvalue weighted by Crippen LogP contribution is -2.56. The Hall–Kier alpha value is -6.51. The number of carbonyl (C=O) groups excluding carboxylic acids is 9. The van der Waals surface area contributed by atoms with Crippen LogP contribution in [-0.2, 0) is 54.4 Å². The first-order valence-corrected chi connectivity index (χ1v) is 18.0. The monoisotopic (exact) mass is 795 g/mol. The number of anilines is 1. The number of rotatable bonds is 15. The van der Waals surface area contributed by atoms with Crippen LogP contribution in [0.5, 0.6) is 0 Å². The molecule has 4 aliphatic rings. The van der Waals surface area contributed by atoms with Gasteiger partial charge in [-0.25, -0.2) is 9.59 Å². The van der Waals surface area contributed by atoms with Crippen molar-refractivity contribution in [1.82, 2.24) is 25.8 Å². The number of primary amides is 2. The molecule has 7 amide bonds. The van der Waals surface area contributed by atoms with Gasteiger partial charge in [0, 0.05) is 36.9 Å². The molecule has 3 aliphatic heterocycles. The Kier molecular flexibility index (Phi) is 11.9. The number of ketones is 2. The van der Waals surface area contributed by atoms with Crippen molar-refractivity contribution in [2.24, 2.45) is 23.1 Å². The van der Waals surface area contributed by atoms with E-state index in [1.54, 1.807) is 24.0 Å². The quantitative estimate of drug-likeness (QED) is 0.0755. The van der Waals surface area contributed by atoms with Gasteiger partial charge >= 0.3 is 12.2 Å². The van der Waals surface area contributed by atoms with Crippen molar-refractivity contribution in [2.75, 3.05) is 25.6 Å². The first kappa shape index (κ1) is 41.6. The maximum atomic E-state index is 13.4. The number of carbonyl (C=O) groups is 9. The number of nitrogens with two attached hydrogens (primary N) is 3. The molecule has 0 saturated carbocycles. The zero-order chi connectivity index (χ0) is 42.1. The van der Waals surface area contributed by atoms with E-state index < -0.39 is 102 Å². The topological polar surface area (TPSA) is 314 Å². The molecule has 1 aromatic rings. The van der Waals surface area contributed by atoms with E-state index in [2.05, 4.69) is 21.3 Å². The van der Waals surface area contributed by atoms with Crippen LogP contribution in [0.15, 0.2) is 46.8 Å². The van der Waals surface area contributed by atoms with Crippen molar-refractivity contribution in [2.45, 2.75) is 83.1 Å². The highest BCUT2D eigenvalue weighted by Gasteiger charge is 2.78. The van der Waals surface area contributed by atoms with Gasteiger partial charge in [-0.15, -0.1) is 0 Å². The molecule has 0 unspecified atom stereocenters. The number of benzene rings is 1. The lowest BCUT2D eigenvalue weighted by molar-refractivity contribution is -0.144. The number of hydrogen-bond donors (Lipinski definition) is 7. The average Bonchev–Trinajstić information content (AvgIpc) is 3.68. The molecule has 0 aromatic heterocycles. The number of fused-ring (bicyclic) bond motifs is 4. The fraction of sp³-hybridized carbons (Fsp3) is 0.472. The Morgan fingerprint density at radius 1 is 0.912 bits per heavy atom. The molecule has 0 bridgehead atoms. The van der Waals surface area contributed by atoms with E-state index in [1.165, 1.54) is 44.9 Å². The van der Waals surface area contributed by atoms with Gasteiger partial charge in [0.15, 0.2) is 5.72 Å². The number of piperazine rings is 1. The summed E-state index contributed by atoms with van der Waals surface area (Å²) in [7, 11) is 1.36. The second kappa shape index (κ2) is 16.3. The van der Waals surface area contributed by atoms with Crippen LogP contribution >= 0.6 is 0 Å². The number of ether oxygens (including phenoxy) is 3. The molecule has 2 saturated heterocycles. The molecule has 7 atom stereocenters. The van der Waals surface area contributed by atoms with Crippen molar-refractivity contribution >= 4 is 59.0 Å². The van der Waals surface area contributed by atoms with Gasteiger partial charge in [-0.1, -0.05) is 19.1 Å². The maximum absolute atomic E-state index is 13.4. The van der Waals surface area contributed by atoms with E-state index in [0.717, 1.165) is 0 Å². The van der Waals surface area contributed by atoms with Crippen LogP contribution in [-0.4, -0.2) is 119 Å². The molecule has 21 nitrogen and oxygen atoms in total. The smallest absolute Gasteiger partial charge is 0.410 e. The molecule has 306 valence electrons. The minimum absolute atomic E-state index is 0.0173. The second-order valence-corrected chi connectivity index (χ2v) is 14.0. The van der Waals surface area contributed by atoms with Crippen LogP contribution in [0.3, 0.4) is 0 Å². The van der Waals surface area contributed by atoms with Gasteiger partial charge < -0.3 is 57.6 Å². The predicted octanol–water partition coefficient (Wildman–Crippen LogP) is -1.88. The van der Waals surface area contributed by atoms with Crippen LogP contribution in [0.2, 0.25) is 0 Å². The fourth-order valence-corrected chi connectivity index (χ4v) is 7.38. The molecule has 1 aliphatic carbocycles. The molecule has 1 aromatic carbocycles. The SMILES string of the molecule is CCC(=O)N[C@H](C)C(=O)N[C@H](C)C(=O)N[C@H](CC(N)=O)C(=O)Nc1ccc(COC(=O)N2[C@@H]3CN4C5=C(C(=O)C(N)=C(C)C5=O)[C@H](COC(N)=O)[C@]4(OC)[C@@H]32)cc1. The number of allylic oxidation sites excluding steroid dienone is 2. The van der Waals surface area contributed by atoms with Gasteiger partial charge in [0.25, 0.3) is 0 Å². The average molecular weight is 796 g/mol. The molecular weight excluding hydrogens is 750 g/mol. The van der Waals surface area contributed by atoms with Crippen molar-refractivity contribution in [3.05, 3.63) is 52.4 Å². The fourth-order valence-electron chi connectivity index (χ4n) is 7.38. The minimum Gasteiger partial charge on any atom is -0.449 e. The van der Waals surface area contributed by atoms with E-state index in [0.29, 0.717) is 5.56 Å². The third kappa shape index (κ3) is 7.95. The number of nitrogens with one attached hydrogen (secondary N) is 4. The number of nitrogens with zero attached hydrogens (tertiary/aromatic N) is 2. The Labute approximate surface area is 326 Å². The first-order chi connectivity index (χ1) is 26.9. The summed E-state index contributed by atoms with van der Waals surface area (Å²) in [5, 5.41) is 9.88. The molecule has 5 rings (SSSR count). The standard InChI is InChI=1S/C36H45N9O12/c1-6-24(47)40-16(3)31(50)41-17(4)32(51)43-21(11-23(37)46)33(52)42-19-9-7-18(8-10-19)13-57-35(54)45-22-12-44-27-25(29(49)26(38)15(2)28(27)48)20(14-56-34(39)53)36(44,55-5)30(22)45/h7-10,16-17,20-22,30H,6,11-14,38H2,1-5H3,(H2,37,46)(H2,39,53)(H,40,47)(H,41,50)(H,42,52)(H,43,51)/t16-,17-,20+,21-,22-,30-,36+,45?/m1/s1. The molecule has 57 heavy (non-hydrogen) atoms. The molecule has 21 heteroatoms. The lowest BCUT2D eigenvalue weighted by Gasteiger charge is -2.40. The summed E-state index contributed by atoms with van der Waals surface area (Å²) in [6.45, 7) is 5.35. The van der Waals surface area contributed by atoms with Crippen LogP contribution < -0.4 is 38.5 Å². The zero-order valence-corrected chi connectivity index (χ0v) is 31.8. The molecule has 10 N–H and O–H groups in total. The van der Waals surface area contributed by atoms with E-state index in [9.17, 15) is 43.2 Å². The summed E-state index contributed by atoms with van der Waals surface area (Å²) >= 11 is 0. The van der Waals surface area contributed by atoms with Crippen molar-refractivity contribution in [3.63, 3.8) is 0 Å². The van der Waals surface area contributed by atoms with Crippen LogP contribution in [0.25, 0.3) is 0 Å². The number of hydrogen-bond acceptors (Lipinski definition) is 14. The summed E-state index contributed by atoms with van der Waals surface area (Å²) in [4.78, 5) is 116. The Morgan fingerprint density at radius 2 is 1.54 bits per heavy atom. The van der Waals surface area contributed by atoms with Crippen LogP contribution in [0.1, 0.15) is 46.1 Å². The van der Waals surface area contributed by atoms with Crippen LogP contribution in [0, 0.1) is 5.92 Å². The minimum atomic E-state index is -1.47. The first-order valence-electron chi connectivity index (χ1n) is 18.0. The second-order valence-electron chi connectivity index (χ2n) is 14.0. The number of methoxy groups -OCH3 is 1. The van der Waals surface area contributed by atoms with Crippen molar-refractivity contribution in [1.29, 1.82) is 0 Å². The predicted molar refractivity (Wildman–Crippen MR) is 195 cm³/mol. The normalized spacial score (nSPS) is 23.4. The van der Waals surface area contributed by atoms with Gasteiger partial charge in [-0.3, -0.25) is 38.5 Å². The van der Waals surface area contributed by atoms with Gasteiger partial charge in [-0.2, -0.15) is 0 Å². The zero-order valence-electron chi connectivity index (χ0n) is 31.8. The Bertz CT molecular complexity index is 1980. The number of Topliss-reactive ketones (excluding diaryl/α,β-unsaturated/α-hetero) is 2. The van der Waals surface area contributed by atoms with E-state index in [1.807, 2.05) is 0 Å². The molecule has 3 heterocycles. The lowest BCUT2D eigenvalue weighted by atomic mass is 9.82. The third-order valence-electron chi connectivity index (χ3n) is 10.4. The van der Waals surface area contributed by atoms with Crippen molar-refractivity contribution in [3.8, 4) is 0 Å². The summed E-state index contributed by atoms with van der Waals surface area (Å²) in [6, 6.07) is 1.47. The summed E-state index contributed by atoms with van der Waals surface area (Å²) in [5.41, 5.74) is 15.8. The van der Waals surface area contributed by atoms with Gasteiger partial charge in [0.05, 0.1) is 29.8 Å². The summed E-state index contributed by atoms with van der Waals surface area (Å²) in [5.74, 6) is -5.53. The molecule has 0 radical (unpaired) electrons.